The van der Waals surface area contributed by atoms with Crippen molar-refractivity contribution in [3.05, 3.63) is 11.6 Å². The van der Waals surface area contributed by atoms with Gasteiger partial charge in [-0.2, -0.15) is 0 Å². The fraction of sp³-hybridized carbons (Fsp3) is 0.826. The van der Waals surface area contributed by atoms with Gasteiger partial charge in [0.2, 0.25) is 0 Å². The molecule has 0 spiro atoms. The van der Waals surface area contributed by atoms with Gasteiger partial charge in [0.15, 0.2) is 5.78 Å². The molecule has 4 saturated carbocycles. The minimum absolute atomic E-state index is 0.249. The van der Waals surface area contributed by atoms with E-state index in [1.165, 1.54) is 37.7 Å². The number of allylic oxidation sites excluding steroid dienone is 1. The van der Waals surface area contributed by atoms with Crippen molar-refractivity contribution >= 4 is 11.8 Å². The van der Waals surface area contributed by atoms with Crippen LogP contribution in [0, 0.1) is 39.9 Å². The molecule has 4 fully saturated rings. The second-order valence-corrected chi connectivity index (χ2v) is 10.6. The Balaban J connectivity index is 1.44. The monoisotopic (exact) mass is 356 g/mol. The zero-order valence-corrected chi connectivity index (χ0v) is 16.2. The largest absolute Gasteiger partial charge is 0.481 e. The first kappa shape index (κ1) is 17.0. The van der Waals surface area contributed by atoms with Crippen LogP contribution in [0.25, 0.3) is 0 Å². The summed E-state index contributed by atoms with van der Waals surface area (Å²) in [6, 6.07) is 0. The number of fused-ring (bicyclic) bond motifs is 7. The number of hydrogen-bond donors (Lipinski definition) is 1. The van der Waals surface area contributed by atoms with E-state index in [1.54, 1.807) is 0 Å². The lowest BCUT2D eigenvalue weighted by atomic mass is 9.45. The fourth-order valence-electron chi connectivity index (χ4n) is 8.55. The van der Waals surface area contributed by atoms with Gasteiger partial charge < -0.3 is 5.11 Å². The minimum Gasteiger partial charge on any atom is -0.481 e. The maximum absolute atomic E-state index is 11.9. The molecule has 5 rings (SSSR count). The van der Waals surface area contributed by atoms with Crippen LogP contribution in [0.2, 0.25) is 0 Å². The second-order valence-electron chi connectivity index (χ2n) is 10.6. The van der Waals surface area contributed by atoms with Gasteiger partial charge in [0.05, 0.1) is 0 Å². The maximum Gasteiger partial charge on any atom is 0.303 e. The molecule has 3 nitrogen and oxygen atoms in total. The van der Waals surface area contributed by atoms with E-state index in [9.17, 15) is 14.7 Å². The van der Waals surface area contributed by atoms with E-state index in [2.05, 4.69) is 13.8 Å². The van der Waals surface area contributed by atoms with E-state index in [4.69, 9.17) is 0 Å². The molecule has 5 aliphatic rings. The molecule has 0 aromatic rings. The Kier molecular flexibility index (Phi) is 3.42. The molecule has 26 heavy (non-hydrogen) atoms. The highest BCUT2D eigenvalue weighted by Crippen LogP contribution is 2.81. The van der Waals surface area contributed by atoms with E-state index in [0.29, 0.717) is 23.0 Å². The van der Waals surface area contributed by atoms with E-state index in [0.717, 1.165) is 49.4 Å². The zero-order valence-electron chi connectivity index (χ0n) is 16.2. The molecule has 0 radical (unpaired) electrons. The zero-order chi connectivity index (χ0) is 18.3. The smallest absolute Gasteiger partial charge is 0.303 e. The Labute approximate surface area is 156 Å². The van der Waals surface area contributed by atoms with Crippen LogP contribution in [0.15, 0.2) is 11.6 Å². The van der Waals surface area contributed by atoms with Crippen molar-refractivity contribution < 1.29 is 14.7 Å². The van der Waals surface area contributed by atoms with Crippen LogP contribution in [0.3, 0.4) is 0 Å². The van der Waals surface area contributed by atoms with Gasteiger partial charge in [-0.05, 0) is 97.4 Å². The Hall–Kier alpha value is -1.12. The van der Waals surface area contributed by atoms with Gasteiger partial charge in [-0.3, -0.25) is 9.59 Å². The quantitative estimate of drug-likeness (QED) is 0.774. The SMILES string of the molecule is CC12CCC(=O)C=C1CCC1C2CCC2(C)C1CC1C[C@@]12CCC(=O)O. The first-order valence-electron chi connectivity index (χ1n) is 10.8. The summed E-state index contributed by atoms with van der Waals surface area (Å²) in [5.41, 5.74) is 2.39. The van der Waals surface area contributed by atoms with Gasteiger partial charge in [-0.15, -0.1) is 0 Å². The average Bonchev–Trinajstić information content (AvgIpc) is 3.25. The second kappa shape index (κ2) is 5.23. The highest BCUT2D eigenvalue weighted by atomic mass is 16.4. The molecule has 0 saturated heterocycles. The predicted octanol–water partition coefficient (Wildman–Crippen LogP) is 5.00. The van der Waals surface area contributed by atoms with Gasteiger partial charge in [0.25, 0.3) is 0 Å². The molecule has 5 aliphatic carbocycles. The molecule has 7 atom stereocenters. The number of carbonyl (C=O) groups is 2. The number of ketones is 1. The minimum atomic E-state index is -0.627. The van der Waals surface area contributed by atoms with Crippen molar-refractivity contribution in [2.75, 3.05) is 0 Å². The number of aliphatic carboxylic acids is 1. The Morgan fingerprint density at radius 2 is 2.00 bits per heavy atom. The summed E-state index contributed by atoms with van der Waals surface area (Å²) in [7, 11) is 0. The summed E-state index contributed by atoms with van der Waals surface area (Å²) in [5.74, 6) is 2.81. The molecular weight excluding hydrogens is 324 g/mol. The number of rotatable bonds is 3. The molecule has 1 N–H and O–H groups in total. The molecule has 0 heterocycles. The van der Waals surface area contributed by atoms with Gasteiger partial charge in [-0.25, -0.2) is 0 Å². The summed E-state index contributed by atoms with van der Waals surface area (Å²) in [6.45, 7) is 4.96. The van der Waals surface area contributed by atoms with Gasteiger partial charge >= 0.3 is 5.97 Å². The van der Waals surface area contributed by atoms with Gasteiger partial charge in [0, 0.05) is 12.8 Å². The third-order valence-electron chi connectivity index (χ3n) is 10.0. The third kappa shape index (κ3) is 2.01. The van der Waals surface area contributed by atoms with Gasteiger partial charge in [-0.1, -0.05) is 19.4 Å². The standard InChI is InChI=1S/C23H32O3/c1-21-8-5-16(24)11-14(21)3-4-17-18(21)6-9-22(2)19(17)12-15-13-23(15,22)10-7-20(25)26/h11,15,17-19H,3-10,12-13H2,1-2H3,(H,25,26)/t15?,17?,18?,19?,21?,22?,23-/m0/s1. The maximum atomic E-state index is 11.9. The fourth-order valence-corrected chi connectivity index (χ4v) is 8.55. The van der Waals surface area contributed by atoms with Crippen LogP contribution in [0.5, 0.6) is 0 Å². The molecule has 3 heteroatoms. The van der Waals surface area contributed by atoms with E-state index in [1.807, 2.05) is 6.08 Å². The third-order valence-corrected chi connectivity index (χ3v) is 10.0. The first-order valence-corrected chi connectivity index (χ1v) is 10.8. The number of carboxylic acids is 1. The number of carboxylic acid groups (broad SMARTS) is 1. The first-order chi connectivity index (χ1) is 12.3. The summed E-state index contributed by atoms with van der Waals surface area (Å²) in [5, 5.41) is 9.23. The van der Waals surface area contributed by atoms with Crippen LogP contribution in [-0.2, 0) is 9.59 Å². The van der Waals surface area contributed by atoms with Crippen molar-refractivity contribution in [1.82, 2.24) is 0 Å². The van der Waals surface area contributed by atoms with E-state index < -0.39 is 5.97 Å². The number of carbonyl (C=O) groups excluding carboxylic acids is 1. The van der Waals surface area contributed by atoms with Crippen LogP contribution < -0.4 is 0 Å². The number of hydrogen-bond acceptors (Lipinski definition) is 2. The molecule has 142 valence electrons. The lowest BCUT2D eigenvalue weighted by molar-refractivity contribution is -0.138. The lowest BCUT2D eigenvalue weighted by Gasteiger charge is -2.59. The van der Waals surface area contributed by atoms with Crippen molar-refractivity contribution in [3.63, 3.8) is 0 Å². The van der Waals surface area contributed by atoms with Crippen molar-refractivity contribution in [2.45, 2.75) is 78.1 Å². The lowest BCUT2D eigenvalue weighted by Crippen LogP contribution is -2.51. The Morgan fingerprint density at radius 3 is 2.77 bits per heavy atom. The summed E-state index contributed by atoms with van der Waals surface area (Å²) in [6.07, 6.45) is 12.6. The average molecular weight is 357 g/mol. The molecule has 0 aromatic carbocycles. The summed E-state index contributed by atoms with van der Waals surface area (Å²) in [4.78, 5) is 23.1. The Morgan fingerprint density at radius 1 is 1.19 bits per heavy atom. The van der Waals surface area contributed by atoms with Crippen molar-refractivity contribution in [2.24, 2.45) is 39.9 Å². The van der Waals surface area contributed by atoms with Crippen molar-refractivity contribution in [3.8, 4) is 0 Å². The molecule has 6 unspecified atom stereocenters. The molecule has 0 amide bonds. The van der Waals surface area contributed by atoms with Crippen LogP contribution >= 0.6 is 0 Å². The summed E-state index contributed by atoms with van der Waals surface area (Å²) >= 11 is 0. The normalized spacial score (nSPS) is 51.6. The molecule has 0 aromatic heterocycles. The highest BCUT2D eigenvalue weighted by Gasteiger charge is 2.74. The topological polar surface area (TPSA) is 54.4 Å². The van der Waals surface area contributed by atoms with E-state index >= 15 is 0 Å². The van der Waals surface area contributed by atoms with Crippen LogP contribution in [-0.4, -0.2) is 16.9 Å². The van der Waals surface area contributed by atoms with Crippen LogP contribution in [0.1, 0.15) is 78.1 Å². The van der Waals surface area contributed by atoms with Crippen LogP contribution in [0.4, 0.5) is 0 Å². The van der Waals surface area contributed by atoms with Gasteiger partial charge in [0.1, 0.15) is 0 Å². The van der Waals surface area contributed by atoms with Crippen molar-refractivity contribution in [1.29, 1.82) is 0 Å². The van der Waals surface area contributed by atoms with E-state index in [-0.39, 0.29) is 5.41 Å². The molecule has 0 bridgehead atoms. The predicted molar refractivity (Wildman–Crippen MR) is 99.5 cm³/mol. The Bertz CT molecular complexity index is 708. The molecular formula is C23H32O3. The molecule has 0 aliphatic heterocycles. The highest BCUT2D eigenvalue weighted by molar-refractivity contribution is 5.91. The summed E-state index contributed by atoms with van der Waals surface area (Å²) < 4.78 is 0.